The molecule has 0 bridgehead atoms. The Morgan fingerprint density at radius 3 is 2.07 bits per heavy atom. The van der Waals surface area contributed by atoms with E-state index in [1.54, 1.807) is 44.7 Å². The molecule has 0 spiro atoms. The maximum absolute atomic E-state index is 14.5. The highest BCUT2D eigenvalue weighted by molar-refractivity contribution is 5.92. The van der Waals surface area contributed by atoms with Gasteiger partial charge in [0.15, 0.2) is 0 Å². The molecule has 3 amide bonds. The lowest BCUT2D eigenvalue weighted by Gasteiger charge is -2.38. The molecule has 0 saturated carbocycles. The van der Waals surface area contributed by atoms with Crippen LogP contribution in [-0.4, -0.2) is 45.6 Å². The summed E-state index contributed by atoms with van der Waals surface area (Å²) in [4.78, 5) is 43.0. The average molecular weight is 574 g/mol. The van der Waals surface area contributed by atoms with Gasteiger partial charge in [0.1, 0.15) is 23.4 Å². The van der Waals surface area contributed by atoms with E-state index in [1.807, 2.05) is 74.5 Å². The minimum atomic E-state index is -1.02. The van der Waals surface area contributed by atoms with Crippen molar-refractivity contribution in [2.45, 2.75) is 84.7 Å². The van der Waals surface area contributed by atoms with Crippen molar-refractivity contribution >= 4 is 17.9 Å². The van der Waals surface area contributed by atoms with Gasteiger partial charge in [-0.1, -0.05) is 73.7 Å². The van der Waals surface area contributed by atoms with Crippen LogP contribution in [0.15, 0.2) is 78.9 Å². The van der Waals surface area contributed by atoms with E-state index in [-0.39, 0.29) is 30.7 Å². The molecule has 3 aromatic rings. The number of nitrogens with zero attached hydrogens (tertiary/aromatic N) is 1. The van der Waals surface area contributed by atoms with Gasteiger partial charge in [-0.2, -0.15) is 0 Å². The number of ether oxygens (including phenoxy) is 1. The third-order valence-electron chi connectivity index (χ3n) is 6.96. The summed E-state index contributed by atoms with van der Waals surface area (Å²) in [5, 5.41) is 16.0. The number of phenolic OH excluding ortho intramolecular Hbond substituents is 1. The van der Waals surface area contributed by atoms with E-state index in [4.69, 9.17) is 4.74 Å². The zero-order valence-electron chi connectivity index (χ0n) is 25.4. The van der Waals surface area contributed by atoms with Gasteiger partial charge in [-0.15, -0.1) is 0 Å². The largest absolute Gasteiger partial charge is 0.508 e. The predicted octanol–water partition coefficient (Wildman–Crippen LogP) is 5.82. The van der Waals surface area contributed by atoms with Gasteiger partial charge in [-0.05, 0) is 75.4 Å². The van der Waals surface area contributed by atoms with Gasteiger partial charge < -0.3 is 25.4 Å². The van der Waals surface area contributed by atoms with Crippen LogP contribution >= 0.6 is 0 Å². The Kier molecular flexibility index (Phi) is 11.1. The maximum atomic E-state index is 14.5. The molecule has 8 heteroatoms. The second-order valence-corrected chi connectivity index (χ2v) is 11.5. The molecule has 0 fully saturated rings. The summed E-state index contributed by atoms with van der Waals surface area (Å²) in [6.45, 7) is 11.1. The highest BCUT2D eigenvalue weighted by atomic mass is 16.6. The minimum absolute atomic E-state index is 0.0946. The Labute approximate surface area is 249 Å². The molecule has 0 saturated heterocycles. The topological polar surface area (TPSA) is 108 Å². The van der Waals surface area contributed by atoms with Crippen molar-refractivity contribution in [1.82, 2.24) is 15.5 Å². The average Bonchev–Trinajstić information content (AvgIpc) is 2.95. The first-order valence-corrected chi connectivity index (χ1v) is 14.4. The summed E-state index contributed by atoms with van der Waals surface area (Å²) in [5.74, 6) is -0.685. The van der Waals surface area contributed by atoms with Gasteiger partial charge >= 0.3 is 6.09 Å². The van der Waals surface area contributed by atoms with E-state index in [9.17, 15) is 19.5 Å². The SMILES string of the molecule is CCC(C)N(C(=O)C(Cc1ccccc1)NC(=O)OC(C)(C)C)C(C(=O)NCc1ccccc1)c1ccc(O)c(C)c1. The third kappa shape index (κ3) is 9.09. The minimum Gasteiger partial charge on any atom is -0.508 e. The molecule has 3 atom stereocenters. The first kappa shape index (κ1) is 32.2. The lowest BCUT2D eigenvalue weighted by Crippen LogP contribution is -2.56. The molecule has 0 radical (unpaired) electrons. The number of amides is 3. The van der Waals surface area contributed by atoms with Gasteiger partial charge in [0.25, 0.3) is 0 Å². The molecule has 0 aliphatic carbocycles. The molecule has 42 heavy (non-hydrogen) atoms. The van der Waals surface area contributed by atoms with Gasteiger partial charge in [0.2, 0.25) is 11.8 Å². The Balaban J connectivity index is 2.05. The van der Waals surface area contributed by atoms with Crippen LogP contribution in [0.4, 0.5) is 4.79 Å². The first-order chi connectivity index (χ1) is 19.9. The Morgan fingerprint density at radius 2 is 1.52 bits per heavy atom. The Bertz CT molecular complexity index is 1340. The summed E-state index contributed by atoms with van der Waals surface area (Å²) < 4.78 is 5.50. The fraction of sp³-hybridized carbons (Fsp3) is 0.382. The quantitative estimate of drug-likeness (QED) is 0.268. The normalized spacial score (nSPS) is 13.4. The van der Waals surface area contributed by atoms with Crippen LogP contribution in [0, 0.1) is 6.92 Å². The standard InChI is InChI=1S/C34H43N3O5/c1-7-24(3)37(32(40)28(21-25-14-10-8-11-15-25)36-33(41)42-34(4,5)6)30(27-18-19-29(38)23(2)20-27)31(39)35-22-26-16-12-9-13-17-26/h8-20,24,28,30,38H,7,21-22H2,1-6H3,(H,35,39)(H,36,41). The van der Waals surface area contributed by atoms with Crippen molar-refractivity contribution in [3.63, 3.8) is 0 Å². The molecular formula is C34H43N3O5. The zero-order valence-corrected chi connectivity index (χ0v) is 25.4. The number of aryl methyl sites for hydroxylation is 1. The van der Waals surface area contributed by atoms with Crippen LogP contribution in [0.1, 0.15) is 69.3 Å². The molecule has 0 aliphatic heterocycles. The number of alkyl carbamates (subject to hydrolysis) is 1. The predicted molar refractivity (Wildman–Crippen MR) is 164 cm³/mol. The second kappa shape index (κ2) is 14.5. The van der Waals surface area contributed by atoms with E-state index in [0.29, 0.717) is 17.5 Å². The van der Waals surface area contributed by atoms with E-state index >= 15 is 0 Å². The summed E-state index contributed by atoms with van der Waals surface area (Å²) >= 11 is 0. The van der Waals surface area contributed by atoms with Crippen LogP contribution in [0.2, 0.25) is 0 Å². The summed E-state index contributed by atoms with van der Waals surface area (Å²) in [5.41, 5.74) is 2.14. The van der Waals surface area contributed by atoms with Gasteiger partial charge in [0, 0.05) is 19.0 Å². The van der Waals surface area contributed by atoms with Crippen molar-refractivity contribution < 1.29 is 24.2 Å². The molecule has 3 unspecified atom stereocenters. The number of nitrogens with one attached hydrogen (secondary N) is 2. The monoisotopic (exact) mass is 573 g/mol. The van der Waals surface area contributed by atoms with Crippen molar-refractivity contribution in [3.8, 4) is 5.75 Å². The molecule has 0 heterocycles. The zero-order chi connectivity index (χ0) is 30.9. The fourth-order valence-corrected chi connectivity index (χ4v) is 4.64. The van der Waals surface area contributed by atoms with Crippen LogP contribution in [0.3, 0.4) is 0 Å². The fourth-order valence-electron chi connectivity index (χ4n) is 4.64. The first-order valence-electron chi connectivity index (χ1n) is 14.4. The van der Waals surface area contributed by atoms with Crippen LogP contribution in [0.5, 0.6) is 5.75 Å². The van der Waals surface area contributed by atoms with Crippen LogP contribution in [-0.2, 0) is 27.3 Å². The van der Waals surface area contributed by atoms with Gasteiger partial charge in [-0.3, -0.25) is 9.59 Å². The number of aromatic hydroxyl groups is 1. The number of benzene rings is 3. The Morgan fingerprint density at radius 1 is 0.929 bits per heavy atom. The maximum Gasteiger partial charge on any atom is 0.408 e. The molecule has 3 N–H and O–H groups in total. The number of hydrogen-bond donors (Lipinski definition) is 3. The van der Waals surface area contributed by atoms with Gasteiger partial charge in [-0.25, -0.2) is 4.79 Å². The molecule has 8 nitrogen and oxygen atoms in total. The molecular weight excluding hydrogens is 530 g/mol. The Hall–Kier alpha value is -4.33. The lowest BCUT2D eigenvalue weighted by molar-refractivity contribution is -0.145. The van der Waals surface area contributed by atoms with Gasteiger partial charge in [0.05, 0.1) is 0 Å². The number of carbonyl (C=O) groups is 3. The third-order valence-corrected chi connectivity index (χ3v) is 6.96. The van der Waals surface area contributed by atoms with Crippen molar-refractivity contribution in [2.24, 2.45) is 0 Å². The van der Waals surface area contributed by atoms with Crippen LogP contribution in [0.25, 0.3) is 0 Å². The molecule has 3 aromatic carbocycles. The molecule has 0 aromatic heterocycles. The highest BCUT2D eigenvalue weighted by Gasteiger charge is 2.38. The van der Waals surface area contributed by atoms with Crippen LogP contribution < -0.4 is 10.6 Å². The van der Waals surface area contributed by atoms with E-state index in [0.717, 1.165) is 11.1 Å². The molecule has 0 aliphatic rings. The van der Waals surface area contributed by atoms with Crippen molar-refractivity contribution in [3.05, 3.63) is 101 Å². The van der Waals surface area contributed by atoms with Crippen molar-refractivity contribution in [1.29, 1.82) is 0 Å². The van der Waals surface area contributed by atoms with Crippen molar-refractivity contribution in [2.75, 3.05) is 0 Å². The second-order valence-electron chi connectivity index (χ2n) is 11.5. The highest BCUT2D eigenvalue weighted by Crippen LogP contribution is 2.30. The smallest absolute Gasteiger partial charge is 0.408 e. The number of phenols is 1. The van der Waals surface area contributed by atoms with E-state index in [1.165, 1.54) is 6.07 Å². The number of hydrogen-bond acceptors (Lipinski definition) is 5. The molecule has 224 valence electrons. The summed E-state index contributed by atoms with van der Waals surface area (Å²) in [6, 6.07) is 21.4. The molecule has 3 rings (SSSR count). The number of carbonyl (C=O) groups excluding carboxylic acids is 3. The van der Waals surface area contributed by atoms with E-state index in [2.05, 4.69) is 10.6 Å². The lowest BCUT2D eigenvalue weighted by atomic mass is 9.96. The summed E-state index contributed by atoms with van der Waals surface area (Å²) in [6.07, 6.45) is 0.0561. The number of rotatable bonds is 11. The van der Waals surface area contributed by atoms with E-state index < -0.39 is 29.7 Å². The summed E-state index contributed by atoms with van der Waals surface area (Å²) in [7, 11) is 0.